The number of ether oxygens (including phenoxy) is 1. The quantitative estimate of drug-likeness (QED) is 0.889. The van der Waals surface area contributed by atoms with Crippen molar-refractivity contribution in [2.75, 3.05) is 5.32 Å². The molecule has 1 heterocycles. The Bertz CT molecular complexity index is 645. The van der Waals surface area contributed by atoms with Gasteiger partial charge in [0.05, 0.1) is 0 Å². The standard InChI is InChI=1S/C17H20N2O2/c1-12-7-5-6-8-14(12)13-9-10-18-15(11-13)19-16(20)21-17(2,3)4/h5-11H,1-4H3,(H,18,19,20). The van der Waals surface area contributed by atoms with E-state index in [1.165, 1.54) is 5.56 Å². The highest BCUT2D eigenvalue weighted by molar-refractivity contribution is 5.84. The van der Waals surface area contributed by atoms with Crippen LogP contribution in [-0.2, 0) is 4.74 Å². The number of aromatic nitrogens is 1. The maximum Gasteiger partial charge on any atom is 0.413 e. The Labute approximate surface area is 125 Å². The molecule has 0 bridgehead atoms. The van der Waals surface area contributed by atoms with Gasteiger partial charge in [0.25, 0.3) is 0 Å². The second-order valence-electron chi connectivity index (χ2n) is 5.87. The number of nitrogens with zero attached hydrogens (tertiary/aromatic N) is 1. The number of nitrogens with one attached hydrogen (secondary N) is 1. The minimum absolute atomic E-state index is 0.477. The van der Waals surface area contributed by atoms with E-state index in [4.69, 9.17) is 4.74 Å². The van der Waals surface area contributed by atoms with Crippen molar-refractivity contribution in [2.24, 2.45) is 0 Å². The third-order valence-corrected chi connectivity index (χ3v) is 2.85. The van der Waals surface area contributed by atoms with E-state index in [0.29, 0.717) is 5.82 Å². The fourth-order valence-electron chi connectivity index (χ4n) is 1.97. The minimum Gasteiger partial charge on any atom is -0.444 e. The van der Waals surface area contributed by atoms with Gasteiger partial charge in [-0.25, -0.2) is 9.78 Å². The number of amides is 1. The number of rotatable bonds is 2. The molecule has 4 nitrogen and oxygen atoms in total. The van der Waals surface area contributed by atoms with Gasteiger partial charge in [-0.15, -0.1) is 0 Å². The molecule has 21 heavy (non-hydrogen) atoms. The first-order chi connectivity index (χ1) is 9.85. The largest absolute Gasteiger partial charge is 0.444 e. The van der Waals surface area contributed by atoms with Crippen LogP contribution in [0.5, 0.6) is 0 Å². The Kier molecular flexibility index (Phi) is 4.26. The predicted octanol–water partition coefficient (Wildman–Crippen LogP) is 4.40. The van der Waals surface area contributed by atoms with Crippen LogP contribution < -0.4 is 5.32 Å². The van der Waals surface area contributed by atoms with E-state index < -0.39 is 11.7 Å². The summed E-state index contributed by atoms with van der Waals surface area (Å²) < 4.78 is 5.22. The van der Waals surface area contributed by atoms with Crippen molar-refractivity contribution in [1.29, 1.82) is 0 Å². The van der Waals surface area contributed by atoms with E-state index in [1.807, 2.05) is 51.1 Å². The molecule has 1 amide bonds. The molecular weight excluding hydrogens is 264 g/mol. The fourth-order valence-corrected chi connectivity index (χ4v) is 1.97. The van der Waals surface area contributed by atoms with Gasteiger partial charge in [-0.05, 0) is 56.5 Å². The van der Waals surface area contributed by atoms with Gasteiger partial charge in [0.1, 0.15) is 11.4 Å². The molecule has 110 valence electrons. The summed E-state index contributed by atoms with van der Waals surface area (Å²) in [6, 6.07) is 11.8. The molecule has 0 saturated carbocycles. The van der Waals surface area contributed by atoms with Gasteiger partial charge in [0.15, 0.2) is 0 Å². The lowest BCUT2D eigenvalue weighted by atomic mass is 10.0. The number of hydrogen-bond acceptors (Lipinski definition) is 3. The zero-order valence-corrected chi connectivity index (χ0v) is 12.8. The van der Waals surface area contributed by atoms with Crippen LogP contribution in [0.2, 0.25) is 0 Å². The second kappa shape index (κ2) is 5.95. The molecule has 0 atom stereocenters. The summed E-state index contributed by atoms with van der Waals surface area (Å²) in [4.78, 5) is 15.9. The summed E-state index contributed by atoms with van der Waals surface area (Å²) in [7, 11) is 0. The summed E-state index contributed by atoms with van der Waals surface area (Å²) >= 11 is 0. The molecule has 0 unspecified atom stereocenters. The Hall–Kier alpha value is -2.36. The molecule has 1 N–H and O–H groups in total. The molecule has 2 rings (SSSR count). The van der Waals surface area contributed by atoms with E-state index >= 15 is 0 Å². The zero-order chi connectivity index (χ0) is 15.5. The van der Waals surface area contributed by atoms with Crippen molar-refractivity contribution in [3.63, 3.8) is 0 Å². The van der Waals surface area contributed by atoms with Gasteiger partial charge in [-0.1, -0.05) is 24.3 Å². The third-order valence-electron chi connectivity index (χ3n) is 2.85. The van der Waals surface area contributed by atoms with E-state index in [-0.39, 0.29) is 0 Å². The molecule has 0 saturated heterocycles. The molecule has 0 fully saturated rings. The molecular formula is C17H20N2O2. The lowest BCUT2D eigenvalue weighted by molar-refractivity contribution is 0.0635. The number of anilines is 1. The zero-order valence-electron chi connectivity index (χ0n) is 12.8. The molecule has 0 spiro atoms. The normalized spacial score (nSPS) is 11.0. The van der Waals surface area contributed by atoms with Crippen LogP contribution >= 0.6 is 0 Å². The highest BCUT2D eigenvalue weighted by Gasteiger charge is 2.16. The van der Waals surface area contributed by atoms with Crippen molar-refractivity contribution >= 4 is 11.9 Å². The van der Waals surface area contributed by atoms with Crippen LogP contribution in [0.4, 0.5) is 10.6 Å². The Morgan fingerprint density at radius 1 is 1.19 bits per heavy atom. The van der Waals surface area contributed by atoms with Crippen LogP contribution in [0.1, 0.15) is 26.3 Å². The highest BCUT2D eigenvalue weighted by Crippen LogP contribution is 2.24. The number of aryl methyl sites for hydroxylation is 1. The number of pyridine rings is 1. The van der Waals surface area contributed by atoms with E-state index in [1.54, 1.807) is 6.20 Å². The first kappa shape index (κ1) is 15.0. The maximum absolute atomic E-state index is 11.8. The maximum atomic E-state index is 11.8. The van der Waals surface area contributed by atoms with Crippen LogP contribution in [0, 0.1) is 6.92 Å². The molecule has 0 radical (unpaired) electrons. The number of carbonyl (C=O) groups excluding carboxylic acids is 1. The lowest BCUT2D eigenvalue weighted by Gasteiger charge is -2.19. The Morgan fingerprint density at radius 2 is 1.90 bits per heavy atom. The number of carbonyl (C=O) groups is 1. The lowest BCUT2D eigenvalue weighted by Crippen LogP contribution is -2.27. The third kappa shape index (κ3) is 4.31. The summed E-state index contributed by atoms with van der Waals surface area (Å²) in [5.41, 5.74) is 2.77. The van der Waals surface area contributed by atoms with Crippen LogP contribution in [0.3, 0.4) is 0 Å². The summed E-state index contributed by atoms with van der Waals surface area (Å²) in [5.74, 6) is 0.477. The topological polar surface area (TPSA) is 51.2 Å². The van der Waals surface area contributed by atoms with Gasteiger partial charge < -0.3 is 4.74 Å². The van der Waals surface area contributed by atoms with Gasteiger partial charge in [0, 0.05) is 6.20 Å². The molecule has 1 aromatic heterocycles. The average Bonchev–Trinajstić information content (AvgIpc) is 2.37. The summed E-state index contributed by atoms with van der Waals surface area (Å²) in [6.07, 6.45) is 1.17. The number of hydrogen-bond donors (Lipinski definition) is 1. The smallest absolute Gasteiger partial charge is 0.413 e. The predicted molar refractivity (Wildman–Crippen MR) is 84.3 cm³/mol. The number of benzene rings is 1. The molecule has 1 aromatic carbocycles. The first-order valence-corrected chi connectivity index (χ1v) is 6.87. The highest BCUT2D eigenvalue weighted by atomic mass is 16.6. The SMILES string of the molecule is Cc1ccccc1-c1ccnc(NC(=O)OC(C)(C)C)c1. The van der Waals surface area contributed by atoms with Crippen molar-refractivity contribution in [3.05, 3.63) is 48.2 Å². The molecule has 4 heteroatoms. The molecule has 2 aromatic rings. The van der Waals surface area contributed by atoms with Gasteiger partial charge in [-0.2, -0.15) is 0 Å². The van der Waals surface area contributed by atoms with E-state index in [0.717, 1.165) is 11.1 Å². The monoisotopic (exact) mass is 284 g/mol. The van der Waals surface area contributed by atoms with Crippen molar-refractivity contribution in [1.82, 2.24) is 4.98 Å². The molecule has 0 aliphatic carbocycles. The Balaban J connectivity index is 2.19. The van der Waals surface area contributed by atoms with Crippen LogP contribution in [0.25, 0.3) is 11.1 Å². The fraction of sp³-hybridized carbons (Fsp3) is 0.294. The first-order valence-electron chi connectivity index (χ1n) is 6.87. The van der Waals surface area contributed by atoms with Gasteiger partial charge >= 0.3 is 6.09 Å². The van der Waals surface area contributed by atoms with Crippen molar-refractivity contribution < 1.29 is 9.53 Å². The van der Waals surface area contributed by atoms with E-state index in [9.17, 15) is 4.79 Å². The van der Waals surface area contributed by atoms with Crippen molar-refractivity contribution in [3.8, 4) is 11.1 Å². The van der Waals surface area contributed by atoms with Crippen molar-refractivity contribution in [2.45, 2.75) is 33.3 Å². The Morgan fingerprint density at radius 3 is 2.57 bits per heavy atom. The minimum atomic E-state index is -0.530. The molecule has 0 aliphatic heterocycles. The second-order valence-corrected chi connectivity index (χ2v) is 5.87. The average molecular weight is 284 g/mol. The van der Waals surface area contributed by atoms with Crippen LogP contribution in [0.15, 0.2) is 42.6 Å². The van der Waals surface area contributed by atoms with Crippen LogP contribution in [-0.4, -0.2) is 16.7 Å². The summed E-state index contributed by atoms with van der Waals surface area (Å²) in [5, 5.41) is 2.66. The van der Waals surface area contributed by atoms with E-state index in [2.05, 4.69) is 23.3 Å². The van der Waals surface area contributed by atoms with Gasteiger partial charge in [-0.3, -0.25) is 5.32 Å². The van der Waals surface area contributed by atoms with Gasteiger partial charge in [0.2, 0.25) is 0 Å². The summed E-state index contributed by atoms with van der Waals surface area (Å²) in [6.45, 7) is 7.52. The molecule has 0 aliphatic rings.